The molecule has 0 saturated heterocycles. The van der Waals surface area contributed by atoms with E-state index in [-0.39, 0.29) is 17.6 Å². The molecule has 136 valence electrons. The Morgan fingerprint density at radius 3 is 2.62 bits per heavy atom. The van der Waals surface area contributed by atoms with Gasteiger partial charge in [-0.25, -0.2) is 17.5 Å². The second-order valence-electron chi connectivity index (χ2n) is 5.52. The van der Waals surface area contributed by atoms with Crippen molar-refractivity contribution in [3.8, 4) is 0 Å². The van der Waals surface area contributed by atoms with E-state index in [1.807, 2.05) is 13.0 Å². The lowest BCUT2D eigenvalue weighted by molar-refractivity contribution is 0.579. The quantitative estimate of drug-likeness (QED) is 0.375. The molecule has 1 rings (SSSR count). The van der Waals surface area contributed by atoms with E-state index in [0.717, 1.165) is 5.56 Å². The van der Waals surface area contributed by atoms with E-state index >= 15 is 0 Å². The fraction of sp³-hybridized carbons (Fsp3) is 0.562. The van der Waals surface area contributed by atoms with Crippen molar-refractivity contribution in [1.82, 2.24) is 15.4 Å². The van der Waals surface area contributed by atoms with Gasteiger partial charge in [0.2, 0.25) is 10.0 Å². The molecule has 0 bridgehead atoms. The van der Waals surface area contributed by atoms with Crippen molar-refractivity contribution in [3.63, 3.8) is 0 Å². The third kappa shape index (κ3) is 6.84. The van der Waals surface area contributed by atoms with Crippen LogP contribution in [0.1, 0.15) is 37.4 Å². The highest BCUT2D eigenvalue weighted by atomic mass is 32.2. The van der Waals surface area contributed by atoms with Gasteiger partial charge in [-0.3, -0.25) is 4.99 Å². The van der Waals surface area contributed by atoms with Crippen LogP contribution < -0.4 is 15.4 Å². The molecule has 0 fully saturated rings. The number of hydrogen-bond acceptors (Lipinski definition) is 3. The van der Waals surface area contributed by atoms with E-state index in [0.29, 0.717) is 31.0 Å². The van der Waals surface area contributed by atoms with Crippen LogP contribution in [0.2, 0.25) is 0 Å². The zero-order chi connectivity index (χ0) is 18.2. The summed E-state index contributed by atoms with van der Waals surface area (Å²) in [6, 6.07) is 5.03. The van der Waals surface area contributed by atoms with Gasteiger partial charge in [0, 0.05) is 20.1 Å². The summed E-state index contributed by atoms with van der Waals surface area (Å²) < 4.78 is 38.8. The molecule has 0 radical (unpaired) electrons. The third-order valence-corrected chi connectivity index (χ3v) is 5.02. The Morgan fingerprint density at radius 2 is 2.04 bits per heavy atom. The van der Waals surface area contributed by atoms with Crippen LogP contribution >= 0.6 is 0 Å². The summed E-state index contributed by atoms with van der Waals surface area (Å²) in [5.41, 5.74) is 1.44. The first kappa shape index (κ1) is 20.4. The third-order valence-electron chi connectivity index (χ3n) is 3.62. The smallest absolute Gasteiger partial charge is 0.211 e. The predicted octanol–water partition coefficient (Wildman–Crippen LogP) is 1.69. The van der Waals surface area contributed by atoms with Gasteiger partial charge in [-0.05, 0) is 44.4 Å². The molecule has 6 nitrogen and oxygen atoms in total. The lowest BCUT2D eigenvalue weighted by Gasteiger charge is -2.18. The maximum atomic E-state index is 13.6. The molecule has 1 aromatic carbocycles. The van der Waals surface area contributed by atoms with Crippen molar-refractivity contribution < 1.29 is 12.8 Å². The first-order valence-electron chi connectivity index (χ1n) is 7.99. The number of aliphatic imine (C=N–C) groups is 1. The highest BCUT2D eigenvalue weighted by molar-refractivity contribution is 7.89. The normalized spacial score (nSPS) is 13.6. The molecule has 0 amide bonds. The molecule has 1 unspecified atom stereocenters. The van der Waals surface area contributed by atoms with Gasteiger partial charge in [0.1, 0.15) is 5.82 Å². The van der Waals surface area contributed by atoms with Crippen molar-refractivity contribution in [2.24, 2.45) is 4.99 Å². The minimum Gasteiger partial charge on any atom is -0.356 e. The second kappa shape index (κ2) is 9.58. The number of aryl methyl sites for hydroxylation is 1. The van der Waals surface area contributed by atoms with E-state index < -0.39 is 10.0 Å². The van der Waals surface area contributed by atoms with E-state index in [1.165, 1.54) is 6.07 Å². The number of guanidine groups is 1. The van der Waals surface area contributed by atoms with E-state index in [2.05, 4.69) is 20.3 Å². The summed E-state index contributed by atoms with van der Waals surface area (Å²) in [6.07, 6.45) is 0.632. The Morgan fingerprint density at radius 1 is 1.33 bits per heavy atom. The van der Waals surface area contributed by atoms with Crippen LogP contribution in [-0.4, -0.2) is 40.3 Å². The molecule has 0 spiro atoms. The van der Waals surface area contributed by atoms with Gasteiger partial charge < -0.3 is 10.6 Å². The minimum atomic E-state index is -3.15. The number of hydrogen-bond donors (Lipinski definition) is 3. The summed E-state index contributed by atoms with van der Waals surface area (Å²) in [6.45, 7) is 6.19. The van der Waals surface area contributed by atoms with Crippen LogP contribution in [0.3, 0.4) is 0 Å². The molecule has 0 aromatic heterocycles. The number of halogens is 1. The van der Waals surface area contributed by atoms with Gasteiger partial charge in [-0.15, -0.1) is 0 Å². The largest absolute Gasteiger partial charge is 0.356 e. The molecule has 3 N–H and O–H groups in total. The molecule has 0 aliphatic carbocycles. The summed E-state index contributed by atoms with van der Waals surface area (Å²) in [5, 5.41) is 6.29. The highest BCUT2D eigenvalue weighted by Crippen LogP contribution is 2.16. The lowest BCUT2D eigenvalue weighted by Crippen LogP contribution is -2.40. The minimum absolute atomic E-state index is 0.0777. The fourth-order valence-electron chi connectivity index (χ4n) is 1.99. The lowest BCUT2D eigenvalue weighted by atomic mass is 10.1. The number of rotatable bonds is 8. The van der Waals surface area contributed by atoms with Gasteiger partial charge in [0.05, 0.1) is 11.8 Å². The SMILES string of the molecule is CCS(=O)(=O)NCCCNC(=NC)NC(C)c1ccc(C)c(F)c1. The fourth-order valence-corrected chi connectivity index (χ4v) is 2.65. The predicted molar refractivity (Wildman–Crippen MR) is 96.1 cm³/mol. The number of benzene rings is 1. The zero-order valence-electron chi connectivity index (χ0n) is 14.7. The molecule has 0 aliphatic heterocycles. The molecule has 1 aromatic rings. The molecule has 8 heteroatoms. The monoisotopic (exact) mass is 358 g/mol. The number of sulfonamides is 1. The summed E-state index contributed by atoms with van der Waals surface area (Å²) >= 11 is 0. The standard InChI is InChI=1S/C16H27FN4O2S/c1-5-24(22,23)20-10-6-9-19-16(18-4)21-13(3)14-8-7-12(2)15(17)11-14/h7-8,11,13,20H,5-6,9-10H2,1-4H3,(H2,18,19,21). The Balaban J connectivity index is 2.43. The van der Waals surface area contributed by atoms with Crippen molar-refractivity contribution in [1.29, 1.82) is 0 Å². The van der Waals surface area contributed by atoms with Crippen molar-refractivity contribution in [2.75, 3.05) is 25.9 Å². The van der Waals surface area contributed by atoms with Gasteiger partial charge in [-0.2, -0.15) is 0 Å². The summed E-state index contributed by atoms with van der Waals surface area (Å²) in [4.78, 5) is 4.12. The molecule has 24 heavy (non-hydrogen) atoms. The first-order valence-corrected chi connectivity index (χ1v) is 9.65. The first-order chi connectivity index (χ1) is 11.3. The van der Waals surface area contributed by atoms with Gasteiger partial charge >= 0.3 is 0 Å². The van der Waals surface area contributed by atoms with Crippen molar-refractivity contribution in [2.45, 2.75) is 33.2 Å². The van der Waals surface area contributed by atoms with Crippen molar-refractivity contribution in [3.05, 3.63) is 35.1 Å². The molecular formula is C16H27FN4O2S. The zero-order valence-corrected chi connectivity index (χ0v) is 15.5. The highest BCUT2D eigenvalue weighted by Gasteiger charge is 2.10. The van der Waals surface area contributed by atoms with Crippen LogP contribution in [0, 0.1) is 12.7 Å². The van der Waals surface area contributed by atoms with Gasteiger partial charge in [0.15, 0.2) is 5.96 Å². The van der Waals surface area contributed by atoms with Crippen LogP contribution in [0.15, 0.2) is 23.2 Å². The summed E-state index contributed by atoms with van der Waals surface area (Å²) in [7, 11) is -1.50. The number of nitrogens with zero attached hydrogens (tertiary/aromatic N) is 1. The molecule has 0 aliphatic rings. The van der Waals surface area contributed by atoms with Crippen LogP contribution in [-0.2, 0) is 10.0 Å². The van der Waals surface area contributed by atoms with Gasteiger partial charge in [0.25, 0.3) is 0 Å². The maximum Gasteiger partial charge on any atom is 0.211 e. The molecule has 1 atom stereocenters. The number of nitrogens with one attached hydrogen (secondary N) is 3. The molecule has 0 heterocycles. The van der Waals surface area contributed by atoms with E-state index in [1.54, 1.807) is 27.0 Å². The topological polar surface area (TPSA) is 82.6 Å². The van der Waals surface area contributed by atoms with E-state index in [4.69, 9.17) is 0 Å². The Labute approximate surface area is 144 Å². The van der Waals surface area contributed by atoms with Gasteiger partial charge in [-0.1, -0.05) is 12.1 Å². The second-order valence-corrected chi connectivity index (χ2v) is 7.62. The average molecular weight is 358 g/mol. The summed E-state index contributed by atoms with van der Waals surface area (Å²) in [5.74, 6) is 0.433. The van der Waals surface area contributed by atoms with Crippen LogP contribution in [0.5, 0.6) is 0 Å². The van der Waals surface area contributed by atoms with E-state index in [9.17, 15) is 12.8 Å². The Hall–Kier alpha value is -1.67. The molecular weight excluding hydrogens is 331 g/mol. The van der Waals surface area contributed by atoms with Crippen LogP contribution in [0.25, 0.3) is 0 Å². The maximum absolute atomic E-state index is 13.6. The average Bonchev–Trinajstić information content (AvgIpc) is 2.55. The Kier molecular flexibility index (Phi) is 8.14. The Bertz CT molecular complexity index is 662. The molecule has 0 saturated carbocycles. The van der Waals surface area contributed by atoms with Crippen molar-refractivity contribution >= 4 is 16.0 Å². The van der Waals surface area contributed by atoms with Crippen LogP contribution in [0.4, 0.5) is 4.39 Å².